The van der Waals surface area contributed by atoms with Gasteiger partial charge in [0.05, 0.1) is 11.1 Å². The van der Waals surface area contributed by atoms with E-state index in [-0.39, 0.29) is 12.0 Å². The molecule has 0 saturated heterocycles. The van der Waals surface area contributed by atoms with E-state index in [0.717, 1.165) is 6.54 Å². The first-order valence-corrected chi connectivity index (χ1v) is 9.28. The number of ether oxygens (including phenoxy) is 2. The maximum Gasteiger partial charge on any atom is 0.245 e. The third-order valence-electron chi connectivity index (χ3n) is 5.22. The normalized spacial score (nSPS) is 24.2. The summed E-state index contributed by atoms with van der Waals surface area (Å²) in [7, 11) is 3.95. The van der Waals surface area contributed by atoms with Crippen molar-refractivity contribution in [2.24, 2.45) is 11.1 Å². The maximum atomic E-state index is 12.8. The van der Waals surface area contributed by atoms with E-state index in [0.29, 0.717) is 36.1 Å². The Morgan fingerprint density at radius 1 is 1.42 bits per heavy atom. The Morgan fingerprint density at radius 3 is 2.65 bits per heavy atom. The quantitative estimate of drug-likeness (QED) is 0.721. The lowest BCUT2D eigenvalue weighted by Gasteiger charge is -2.57. The van der Waals surface area contributed by atoms with Crippen molar-refractivity contribution in [3.8, 4) is 5.75 Å². The van der Waals surface area contributed by atoms with Crippen molar-refractivity contribution in [3.05, 3.63) is 23.2 Å². The molecule has 1 fully saturated rings. The van der Waals surface area contributed by atoms with Gasteiger partial charge in [0.25, 0.3) is 0 Å². The number of nitrogens with two attached hydrogens (primary N) is 1. The Kier molecular flexibility index (Phi) is 6.55. The van der Waals surface area contributed by atoms with E-state index < -0.39 is 11.0 Å². The average Bonchev–Trinajstić information content (AvgIpc) is 2.56. The van der Waals surface area contributed by atoms with Crippen molar-refractivity contribution in [2.75, 3.05) is 39.2 Å². The number of benzene rings is 1. The standard InChI is InChI=1S/C19H30ClN3O3/c1-6-25-16-12-19(21,18(16,2)3)17(24)22-13-7-8-15(14(20)11-13)26-10-9-23(4)5/h7-8,11,16H,6,9-10,12,21H2,1-5H3,(H,22,24). The van der Waals surface area contributed by atoms with Crippen LogP contribution >= 0.6 is 11.6 Å². The summed E-state index contributed by atoms with van der Waals surface area (Å²) in [5.74, 6) is 0.366. The van der Waals surface area contributed by atoms with Gasteiger partial charge in [0.15, 0.2) is 0 Å². The van der Waals surface area contributed by atoms with Gasteiger partial charge >= 0.3 is 0 Å². The lowest BCUT2D eigenvalue weighted by molar-refractivity contribution is -0.166. The zero-order valence-corrected chi connectivity index (χ0v) is 17.0. The smallest absolute Gasteiger partial charge is 0.245 e. The number of likely N-dealkylation sites (N-methyl/N-ethyl adjacent to an activating group) is 1. The van der Waals surface area contributed by atoms with Gasteiger partial charge in [-0.05, 0) is 39.2 Å². The lowest BCUT2D eigenvalue weighted by atomic mass is 9.54. The predicted molar refractivity (Wildman–Crippen MR) is 105 cm³/mol. The third-order valence-corrected chi connectivity index (χ3v) is 5.52. The van der Waals surface area contributed by atoms with E-state index in [9.17, 15) is 4.79 Å². The summed E-state index contributed by atoms with van der Waals surface area (Å²) in [4.78, 5) is 14.8. The summed E-state index contributed by atoms with van der Waals surface area (Å²) >= 11 is 6.27. The van der Waals surface area contributed by atoms with Crippen LogP contribution in [-0.4, -0.2) is 56.3 Å². The molecule has 0 aliphatic heterocycles. The molecular formula is C19H30ClN3O3. The fraction of sp³-hybridized carbons (Fsp3) is 0.632. The van der Waals surface area contributed by atoms with Crippen LogP contribution in [0.25, 0.3) is 0 Å². The number of rotatable bonds is 8. The SMILES string of the molecule is CCOC1CC(N)(C(=O)Nc2ccc(OCCN(C)C)c(Cl)c2)C1(C)C. The summed E-state index contributed by atoms with van der Waals surface area (Å²) < 4.78 is 11.3. The Balaban J connectivity index is 2.00. The highest BCUT2D eigenvalue weighted by molar-refractivity contribution is 6.32. The van der Waals surface area contributed by atoms with Crippen molar-refractivity contribution in [2.45, 2.75) is 38.8 Å². The fourth-order valence-corrected chi connectivity index (χ4v) is 3.33. The summed E-state index contributed by atoms with van der Waals surface area (Å²) in [6.45, 7) is 7.81. The van der Waals surface area contributed by atoms with E-state index in [1.165, 1.54) is 0 Å². The number of anilines is 1. The summed E-state index contributed by atoms with van der Waals surface area (Å²) in [5, 5.41) is 3.33. The highest BCUT2D eigenvalue weighted by atomic mass is 35.5. The second kappa shape index (κ2) is 8.13. The molecule has 0 bridgehead atoms. The molecule has 6 nitrogen and oxygen atoms in total. The van der Waals surface area contributed by atoms with Crippen molar-refractivity contribution >= 4 is 23.2 Å². The van der Waals surface area contributed by atoms with Crippen LogP contribution in [0.2, 0.25) is 5.02 Å². The van der Waals surface area contributed by atoms with Gasteiger partial charge in [-0.2, -0.15) is 0 Å². The molecule has 1 aromatic rings. The van der Waals surface area contributed by atoms with Crippen LogP contribution < -0.4 is 15.8 Å². The number of nitrogens with one attached hydrogen (secondary N) is 1. The van der Waals surface area contributed by atoms with E-state index in [1.54, 1.807) is 18.2 Å². The van der Waals surface area contributed by atoms with Gasteiger partial charge < -0.3 is 25.4 Å². The topological polar surface area (TPSA) is 76.8 Å². The van der Waals surface area contributed by atoms with Gasteiger partial charge in [-0.15, -0.1) is 0 Å². The van der Waals surface area contributed by atoms with Crippen LogP contribution in [0.15, 0.2) is 18.2 Å². The summed E-state index contributed by atoms with van der Waals surface area (Å²) in [6, 6.07) is 5.20. The van der Waals surface area contributed by atoms with E-state index in [4.69, 9.17) is 26.8 Å². The Hall–Kier alpha value is -1.34. The van der Waals surface area contributed by atoms with Crippen LogP contribution in [0.5, 0.6) is 5.75 Å². The number of hydrogen-bond acceptors (Lipinski definition) is 5. The van der Waals surface area contributed by atoms with Crippen LogP contribution in [-0.2, 0) is 9.53 Å². The average molecular weight is 384 g/mol. The maximum absolute atomic E-state index is 12.8. The molecule has 146 valence electrons. The molecule has 0 spiro atoms. The number of hydrogen-bond donors (Lipinski definition) is 2. The minimum Gasteiger partial charge on any atom is -0.491 e. The lowest BCUT2D eigenvalue weighted by Crippen LogP contribution is -2.74. The highest BCUT2D eigenvalue weighted by Crippen LogP contribution is 2.50. The minimum atomic E-state index is -0.972. The predicted octanol–water partition coefficient (Wildman–Crippen LogP) is 2.75. The van der Waals surface area contributed by atoms with Gasteiger partial charge in [0.2, 0.25) is 5.91 Å². The molecule has 0 aromatic heterocycles. The second-order valence-electron chi connectivity index (χ2n) is 7.59. The zero-order valence-electron chi connectivity index (χ0n) is 16.3. The van der Waals surface area contributed by atoms with Gasteiger partial charge in [0.1, 0.15) is 17.9 Å². The molecule has 2 atom stereocenters. The number of carbonyl (C=O) groups is 1. The number of nitrogens with zero attached hydrogens (tertiary/aromatic N) is 1. The third kappa shape index (κ3) is 4.14. The molecular weight excluding hydrogens is 354 g/mol. The first kappa shape index (κ1) is 21.0. The molecule has 1 aliphatic carbocycles. The number of halogens is 1. The molecule has 1 saturated carbocycles. The Bertz CT molecular complexity index is 651. The van der Waals surface area contributed by atoms with Gasteiger partial charge in [0, 0.05) is 30.7 Å². The second-order valence-corrected chi connectivity index (χ2v) is 8.00. The molecule has 0 radical (unpaired) electrons. The molecule has 1 aromatic carbocycles. The van der Waals surface area contributed by atoms with Crippen molar-refractivity contribution < 1.29 is 14.3 Å². The molecule has 26 heavy (non-hydrogen) atoms. The van der Waals surface area contributed by atoms with E-state index >= 15 is 0 Å². The first-order chi connectivity index (χ1) is 12.1. The molecule has 1 amide bonds. The molecule has 1 aliphatic rings. The number of carbonyl (C=O) groups excluding carboxylic acids is 1. The fourth-order valence-electron chi connectivity index (χ4n) is 3.10. The Labute approximate surface area is 161 Å². The minimum absolute atomic E-state index is 0.0145. The summed E-state index contributed by atoms with van der Waals surface area (Å²) in [5.41, 5.74) is 5.59. The van der Waals surface area contributed by atoms with Crippen molar-refractivity contribution in [3.63, 3.8) is 0 Å². The van der Waals surface area contributed by atoms with Gasteiger partial charge in [-0.1, -0.05) is 25.4 Å². The number of amides is 1. The molecule has 7 heteroatoms. The Morgan fingerprint density at radius 2 is 2.12 bits per heavy atom. The van der Waals surface area contributed by atoms with E-state index in [2.05, 4.69) is 5.32 Å². The van der Waals surface area contributed by atoms with Crippen molar-refractivity contribution in [1.29, 1.82) is 0 Å². The molecule has 3 N–H and O–H groups in total. The summed E-state index contributed by atoms with van der Waals surface area (Å²) in [6.07, 6.45) is 0.485. The van der Waals surface area contributed by atoms with Crippen LogP contribution in [0.3, 0.4) is 0 Å². The first-order valence-electron chi connectivity index (χ1n) is 8.91. The molecule has 2 unspecified atom stereocenters. The zero-order chi connectivity index (χ0) is 19.5. The van der Waals surface area contributed by atoms with E-state index in [1.807, 2.05) is 39.8 Å². The van der Waals surface area contributed by atoms with Crippen LogP contribution in [0.4, 0.5) is 5.69 Å². The van der Waals surface area contributed by atoms with Gasteiger partial charge in [-0.25, -0.2) is 0 Å². The largest absolute Gasteiger partial charge is 0.491 e. The van der Waals surface area contributed by atoms with Crippen LogP contribution in [0, 0.1) is 5.41 Å². The van der Waals surface area contributed by atoms with Crippen LogP contribution in [0.1, 0.15) is 27.2 Å². The highest BCUT2D eigenvalue weighted by Gasteiger charge is 2.62. The van der Waals surface area contributed by atoms with Gasteiger partial charge in [-0.3, -0.25) is 4.79 Å². The monoisotopic (exact) mass is 383 g/mol. The molecule has 2 rings (SSSR count). The van der Waals surface area contributed by atoms with Crippen molar-refractivity contribution in [1.82, 2.24) is 4.90 Å². The molecule has 0 heterocycles.